The van der Waals surface area contributed by atoms with Crippen LogP contribution in [0.3, 0.4) is 0 Å². The fraction of sp³-hybridized carbons (Fsp3) is 0.105. The standard InChI is InChI=1S/C19H18N2O/c1-21(17-11-4-3-5-12-17)18(15-20)13-8-10-16-9-6-7-14-19(16)22-2/h3-14H,1-2H3/b10-8+,18-13+. The van der Waals surface area contributed by atoms with Crippen LogP contribution in [0.5, 0.6) is 5.75 Å². The molecule has 0 aliphatic carbocycles. The average Bonchev–Trinajstić information content (AvgIpc) is 2.59. The highest BCUT2D eigenvalue weighted by Gasteiger charge is 2.04. The molecule has 22 heavy (non-hydrogen) atoms. The first kappa shape index (κ1) is 15.4. The molecule has 0 aliphatic heterocycles. The molecule has 110 valence electrons. The molecule has 0 unspecified atom stereocenters. The lowest BCUT2D eigenvalue weighted by atomic mass is 10.2. The summed E-state index contributed by atoms with van der Waals surface area (Å²) in [6, 6.07) is 19.8. The van der Waals surface area contributed by atoms with Crippen LogP contribution >= 0.6 is 0 Å². The molecule has 0 radical (unpaired) electrons. The van der Waals surface area contributed by atoms with Crippen molar-refractivity contribution in [3.63, 3.8) is 0 Å². The third-order valence-electron chi connectivity index (χ3n) is 3.29. The third kappa shape index (κ3) is 3.77. The van der Waals surface area contributed by atoms with Crippen molar-refractivity contribution in [1.82, 2.24) is 0 Å². The Morgan fingerprint density at radius 1 is 1.09 bits per heavy atom. The minimum Gasteiger partial charge on any atom is -0.496 e. The van der Waals surface area contributed by atoms with E-state index in [2.05, 4.69) is 6.07 Å². The first-order chi connectivity index (χ1) is 10.8. The van der Waals surface area contributed by atoms with Crippen molar-refractivity contribution >= 4 is 11.8 Å². The summed E-state index contributed by atoms with van der Waals surface area (Å²) in [4.78, 5) is 1.85. The van der Waals surface area contributed by atoms with Gasteiger partial charge in [0, 0.05) is 18.3 Å². The van der Waals surface area contributed by atoms with E-state index < -0.39 is 0 Å². The van der Waals surface area contributed by atoms with E-state index in [9.17, 15) is 5.26 Å². The molecule has 0 heterocycles. The molecule has 3 heteroatoms. The van der Waals surface area contributed by atoms with E-state index in [0.29, 0.717) is 5.70 Å². The zero-order valence-corrected chi connectivity index (χ0v) is 12.7. The molecule has 2 aromatic carbocycles. The fourth-order valence-electron chi connectivity index (χ4n) is 2.06. The maximum Gasteiger partial charge on any atom is 0.126 e. The zero-order chi connectivity index (χ0) is 15.8. The van der Waals surface area contributed by atoms with E-state index in [1.807, 2.05) is 78.7 Å². The Morgan fingerprint density at radius 2 is 1.77 bits per heavy atom. The Morgan fingerprint density at radius 3 is 2.45 bits per heavy atom. The molecule has 2 aromatic rings. The van der Waals surface area contributed by atoms with Gasteiger partial charge in [0.2, 0.25) is 0 Å². The van der Waals surface area contributed by atoms with E-state index in [4.69, 9.17) is 4.74 Å². The molecule has 2 rings (SSSR count). The number of anilines is 1. The Labute approximate surface area is 131 Å². The molecule has 0 bridgehead atoms. The zero-order valence-electron chi connectivity index (χ0n) is 12.7. The van der Waals surface area contributed by atoms with Crippen LogP contribution in [-0.4, -0.2) is 14.2 Å². The number of hydrogen-bond acceptors (Lipinski definition) is 3. The topological polar surface area (TPSA) is 36.3 Å². The summed E-state index contributed by atoms with van der Waals surface area (Å²) in [5, 5.41) is 9.34. The molecule has 0 aromatic heterocycles. The number of benzene rings is 2. The fourth-order valence-corrected chi connectivity index (χ4v) is 2.06. The highest BCUT2D eigenvalue weighted by atomic mass is 16.5. The highest BCUT2D eigenvalue weighted by molar-refractivity contribution is 5.60. The summed E-state index contributed by atoms with van der Waals surface area (Å²) in [6.07, 6.45) is 5.57. The molecule has 0 atom stereocenters. The minimum atomic E-state index is 0.567. The van der Waals surface area contributed by atoms with Gasteiger partial charge in [-0.15, -0.1) is 0 Å². The van der Waals surface area contributed by atoms with Gasteiger partial charge in [-0.25, -0.2) is 0 Å². The maximum atomic E-state index is 9.34. The Kier molecular flexibility index (Phi) is 5.39. The maximum absolute atomic E-state index is 9.34. The van der Waals surface area contributed by atoms with Crippen LogP contribution in [0.4, 0.5) is 5.69 Å². The summed E-state index contributed by atoms with van der Waals surface area (Å²) in [5.74, 6) is 0.807. The lowest BCUT2D eigenvalue weighted by Gasteiger charge is -2.17. The molecule has 0 saturated heterocycles. The first-order valence-corrected chi connectivity index (χ1v) is 6.96. The van der Waals surface area contributed by atoms with Crippen molar-refractivity contribution in [2.24, 2.45) is 0 Å². The molecular formula is C19H18N2O. The van der Waals surface area contributed by atoms with Gasteiger partial charge in [-0.05, 0) is 24.3 Å². The molecule has 0 amide bonds. The monoisotopic (exact) mass is 290 g/mol. The quantitative estimate of drug-likeness (QED) is 0.610. The predicted octanol–water partition coefficient (Wildman–Crippen LogP) is 4.25. The van der Waals surface area contributed by atoms with Gasteiger partial charge >= 0.3 is 0 Å². The molecular weight excluding hydrogens is 272 g/mol. The van der Waals surface area contributed by atoms with Crippen molar-refractivity contribution in [3.8, 4) is 11.8 Å². The van der Waals surface area contributed by atoms with Gasteiger partial charge in [0.15, 0.2) is 0 Å². The normalized spacial score (nSPS) is 11.2. The number of para-hydroxylation sites is 2. The van der Waals surface area contributed by atoms with Gasteiger partial charge in [0.1, 0.15) is 17.5 Å². The molecule has 0 fully saturated rings. The number of nitrogens with zero attached hydrogens (tertiary/aromatic N) is 2. The van der Waals surface area contributed by atoms with Crippen LogP contribution in [0.1, 0.15) is 5.56 Å². The van der Waals surface area contributed by atoms with Crippen molar-refractivity contribution < 1.29 is 4.74 Å². The summed E-state index contributed by atoms with van der Waals surface area (Å²) < 4.78 is 5.30. The Balaban J connectivity index is 2.20. The minimum absolute atomic E-state index is 0.567. The van der Waals surface area contributed by atoms with E-state index in [0.717, 1.165) is 17.0 Å². The van der Waals surface area contributed by atoms with E-state index >= 15 is 0 Å². The molecule has 0 aliphatic rings. The van der Waals surface area contributed by atoms with Crippen molar-refractivity contribution in [2.45, 2.75) is 0 Å². The van der Waals surface area contributed by atoms with Gasteiger partial charge in [0.05, 0.1) is 7.11 Å². The number of allylic oxidation sites excluding steroid dienone is 3. The smallest absolute Gasteiger partial charge is 0.126 e. The van der Waals surface area contributed by atoms with Crippen LogP contribution in [0, 0.1) is 11.3 Å². The third-order valence-corrected chi connectivity index (χ3v) is 3.29. The van der Waals surface area contributed by atoms with Gasteiger partial charge < -0.3 is 9.64 Å². The number of hydrogen-bond donors (Lipinski definition) is 0. The number of methoxy groups -OCH3 is 1. The van der Waals surface area contributed by atoms with Crippen LogP contribution < -0.4 is 9.64 Å². The van der Waals surface area contributed by atoms with Crippen molar-refractivity contribution in [2.75, 3.05) is 19.1 Å². The second kappa shape index (κ2) is 7.70. The lowest BCUT2D eigenvalue weighted by molar-refractivity contribution is 0.414. The van der Waals surface area contributed by atoms with Crippen molar-refractivity contribution in [3.05, 3.63) is 78.0 Å². The van der Waals surface area contributed by atoms with E-state index in [1.54, 1.807) is 13.2 Å². The Bertz CT molecular complexity index is 712. The van der Waals surface area contributed by atoms with Crippen molar-refractivity contribution in [1.29, 1.82) is 5.26 Å². The summed E-state index contributed by atoms with van der Waals surface area (Å²) in [7, 11) is 3.52. The molecule has 3 nitrogen and oxygen atoms in total. The molecule has 0 saturated carbocycles. The lowest BCUT2D eigenvalue weighted by Crippen LogP contribution is -2.14. The van der Waals surface area contributed by atoms with Crippen LogP contribution in [0.15, 0.2) is 72.4 Å². The summed E-state index contributed by atoms with van der Waals surface area (Å²) in [5.41, 5.74) is 2.51. The number of rotatable bonds is 5. The second-order valence-electron chi connectivity index (χ2n) is 4.66. The number of ether oxygens (including phenoxy) is 1. The summed E-state index contributed by atoms with van der Waals surface area (Å²) >= 11 is 0. The van der Waals surface area contributed by atoms with Gasteiger partial charge in [0.25, 0.3) is 0 Å². The van der Waals surface area contributed by atoms with Gasteiger partial charge in [-0.1, -0.05) is 48.6 Å². The largest absolute Gasteiger partial charge is 0.496 e. The first-order valence-electron chi connectivity index (χ1n) is 6.96. The highest BCUT2D eigenvalue weighted by Crippen LogP contribution is 2.19. The predicted molar refractivity (Wildman–Crippen MR) is 90.6 cm³/mol. The van der Waals surface area contributed by atoms with E-state index in [-0.39, 0.29) is 0 Å². The SMILES string of the molecule is COc1ccccc1/C=C/C=C(\C#N)N(C)c1ccccc1. The average molecular weight is 290 g/mol. The molecule has 0 N–H and O–H groups in total. The molecule has 0 spiro atoms. The number of nitriles is 1. The van der Waals surface area contributed by atoms with E-state index in [1.165, 1.54) is 0 Å². The van der Waals surface area contributed by atoms with Crippen LogP contribution in [-0.2, 0) is 0 Å². The van der Waals surface area contributed by atoms with Crippen LogP contribution in [0.2, 0.25) is 0 Å². The van der Waals surface area contributed by atoms with Gasteiger partial charge in [-0.3, -0.25) is 0 Å². The second-order valence-corrected chi connectivity index (χ2v) is 4.66. The van der Waals surface area contributed by atoms with Gasteiger partial charge in [-0.2, -0.15) is 5.26 Å². The summed E-state index contributed by atoms with van der Waals surface area (Å²) in [6.45, 7) is 0. The van der Waals surface area contributed by atoms with Crippen LogP contribution in [0.25, 0.3) is 6.08 Å². The Hall–Kier alpha value is -2.99.